The summed E-state index contributed by atoms with van der Waals surface area (Å²) in [6.45, 7) is -0.815. The quantitative estimate of drug-likeness (QED) is 0.462. The summed E-state index contributed by atoms with van der Waals surface area (Å²) < 4.78 is 61.5. The van der Waals surface area contributed by atoms with E-state index in [1.807, 2.05) is 6.07 Å². The lowest BCUT2D eigenvalue weighted by atomic mass is 9.98. The van der Waals surface area contributed by atoms with E-state index in [0.29, 0.717) is 17.1 Å². The minimum Gasteiger partial charge on any atom is -0.497 e. The third-order valence-electron chi connectivity index (χ3n) is 5.29. The molecule has 0 aromatic heterocycles. The highest BCUT2D eigenvalue weighted by molar-refractivity contribution is 7.81. The molecule has 198 valence electrons. The summed E-state index contributed by atoms with van der Waals surface area (Å²) in [7, 11) is -3.23. The van der Waals surface area contributed by atoms with E-state index in [9.17, 15) is 13.5 Å². The van der Waals surface area contributed by atoms with Crippen LogP contribution in [0.15, 0.2) is 54.6 Å². The molecule has 14 heteroatoms. The van der Waals surface area contributed by atoms with Gasteiger partial charge in [0.25, 0.3) is 0 Å². The van der Waals surface area contributed by atoms with Crippen LogP contribution >= 0.6 is 34.8 Å². The Morgan fingerprint density at radius 1 is 1.03 bits per heavy atom. The van der Waals surface area contributed by atoms with Crippen molar-refractivity contribution in [2.75, 3.05) is 20.3 Å². The van der Waals surface area contributed by atoms with Crippen LogP contribution in [-0.4, -0.2) is 68.3 Å². The maximum Gasteiger partial charge on any atom is 0.400 e. The van der Waals surface area contributed by atoms with Gasteiger partial charge in [0.15, 0.2) is 6.29 Å². The number of hydrogen-bond donors (Lipinski definition) is 1. The van der Waals surface area contributed by atoms with Crippen LogP contribution in [0.2, 0.25) is 0 Å². The van der Waals surface area contributed by atoms with Crippen molar-refractivity contribution in [3.63, 3.8) is 0 Å². The van der Waals surface area contributed by atoms with Gasteiger partial charge in [0.1, 0.15) is 42.5 Å². The molecule has 2 aromatic rings. The van der Waals surface area contributed by atoms with Gasteiger partial charge < -0.3 is 28.8 Å². The first kappa shape index (κ1) is 27.6. The van der Waals surface area contributed by atoms with Crippen molar-refractivity contribution in [3.8, 4) is 11.5 Å². The molecule has 10 nitrogen and oxygen atoms in total. The van der Waals surface area contributed by atoms with Gasteiger partial charge in [-0.3, -0.25) is 0 Å². The second-order valence-corrected chi connectivity index (χ2v) is 11.6. The van der Waals surface area contributed by atoms with Gasteiger partial charge in [-0.2, -0.15) is 8.42 Å². The number of fused-ring (bicyclic) bond motifs is 1. The first-order chi connectivity index (χ1) is 17.0. The largest absolute Gasteiger partial charge is 0.497 e. The Hall–Kier alpha value is -1.38. The predicted molar refractivity (Wildman–Crippen MR) is 128 cm³/mol. The van der Waals surface area contributed by atoms with Crippen molar-refractivity contribution in [1.82, 2.24) is 0 Å². The number of benzene rings is 2. The lowest BCUT2D eigenvalue weighted by Gasteiger charge is -2.47. The minimum absolute atomic E-state index is 0.00562. The zero-order valence-electron chi connectivity index (χ0n) is 18.7. The van der Waals surface area contributed by atoms with E-state index in [0.717, 1.165) is 0 Å². The molecular formula is C22H23Cl3O10S. The van der Waals surface area contributed by atoms with Crippen molar-refractivity contribution in [2.24, 2.45) is 0 Å². The molecule has 0 bridgehead atoms. The van der Waals surface area contributed by atoms with Crippen LogP contribution in [0.1, 0.15) is 11.9 Å². The SMILES string of the molecule is COc1ccc(O[C@@H]2O[C@@H]3CO[C@@H](c4ccccc4)O[C@H]3[C@H](OS(=O)(=O)OCC(Cl)(Cl)Cl)[C@H]2O)cc1. The van der Waals surface area contributed by atoms with E-state index < -0.39 is 57.8 Å². The van der Waals surface area contributed by atoms with Crippen molar-refractivity contribution in [3.05, 3.63) is 60.2 Å². The van der Waals surface area contributed by atoms with Gasteiger partial charge in [0.05, 0.1) is 13.7 Å². The first-order valence-electron chi connectivity index (χ1n) is 10.7. The molecule has 2 aliphatic heterocycles. The van der Waals surface area contributed by atoms with E-state index in [2.05, 4.69) is 4.18 Å². The van der Waals surface area contributed by atoms with Gasteiger partial charge in [-0.1, -0.05) is 65.1 Å². The Labute approximate surface area is 223 Å². The van der Waals surface area contributed by atoms with Crippen molar-refractivity contribution >= 4 is 45.2 Å². The Morgan fingerprint density at radius 2 is 1.69 bits per heavy atom. The van der Waals surface area contributed by atoms with Gasteiger partial charge in [-0.25, -0.2) is 8.37 Å². The van der Waals surface area contributed by atoms with E-state index in [4.69, 9.17) is 62.7 Å². The van der Waals surface area contributed by atoms with E-state index in [1.165, 1.54) is 7.11 Å². The Kier molecular flexibility index (Phi) is 8.88. The number of halogens is 3. The summed E-state index contributed by atoms with van der Waals surface area (Å²) in [6.07, 6.45) is -7.28. The molecule has 0 aliphatic carbocycles. The summed E-state index contributed by atoms with van der Waals surface area (Å²) in [4.78, 5) is 0. The average molecular weight is 586 g/mol. The zero-order chi connectivity index (χ0) is 25.9. The molecule has 1 N–H and O–H groups in total. The molecule has 6 atom stereocenters. The van der Waals surface area contributed by atoms with Gasteiger partial charge >= 0.3 is 10.4 Å². The number of aliphatic hydroxyl groups excluding tert-OH is 1. The van der Waals surface area contributed by atoms with Crippen molar-refractivity contribution < 1.29 is 45.6 Å². The van der Waals surface area contributed by atoms with Gasteiger partial charge in [-0.05, 0) is 24.3 Å². The van der Waals surface area contributed by atoms with E-state index in [1.54, 1.807) is 48.5 Å². The van der Waals surface area contributed by atoms with Crippen LogP contribution in [0.5, 0.6) is 11.5 Å². The second-order valence-electron chi connectivity index (χ2n) is 7.85. The van der Waals surface area contributed by atoms with Crippen LogP contribution in [-0.2, 0) is 33.0 Å². The van der Waals surface area contributed by atoms with Gasteiger partial charge in [0.2, 0.25) is 10.1 Å². The van der Waals surface area contributed by atoms with Crippen LogP contribution in [0.3, 0.4) is 0 Å². The maximum absolute atomic E-state index is 12.5. The fourth-order valence-electron chi connectivity index (χ4n) is 3.64. The third kappa shape index (κ3) is 7.13. The number of alkyl halides is 3. The average Bonchev–Trinajstić information content (AvgIpc) is 2.86. The second kappa shape index (κ2) is 11.6. The number of rotatable bonds is 8. The fraction of sp³-hybridized carbons (Fsp3) is 0.455. The first-order valence-corrected chi connectivity index (χ1v) is 13.1. The third-order valence-corrected chi connectivity index (χ3v) is 6.48. The maximum atomic E-state index is 12.5. The van der Waals surface area contributed by atoms with Crippen molar-refractivity contribution in [2.45, 2.75) is 40.8 Å². The number of aliphatic hydroxyl groups is 1. The predicted octanol–water partition coefficient (Wildman–Crippen LogP) is 3.29. The summed E-state index contributed by atoms with van der Waals surface area (Å²) in [5.74, 6) is 0.916. The topological polar surface area (TPSA) is 119 Å². The van der Waals surface area contributed by atoms with Gasteiger partial charge in [-0.15, -0.1) is 0 Å². The Morgan fingerprint density at radius 3 is 2.33 bits per heavy atom. The molecule has 0 unspecified atom stereocenters. The monoisotopic (exact) mass is 584 g/mol. The molecule has 2 heterocycles. The Balaban J connectivity index is 1.56. The minimum atomic E-state index is -4.75. The summed E-state index contributed by atoms with van der Waals surface area (Å²) in [5.41, 5.74) is 0.677. The molecule has 0 radical (unpaired) electrons. The van der Waals surface area contributed by atoms with Crippen LogP contribution < -0.4 is 9.47 Å². The summed E-state index contributed by atoms with van der Waals surface area (Å²) >= 11 is 16.8. The standard InChI is InChI=1S/C22H23Cl3O10S/c1-29-14-7-9-15(10-8-14)32-21-17(26)19(35-36(27,28)31-12-22(23,24)25)18-16(33-21)11-30-20(34-18)13-5-3-2-4-6-13/h2-10,16-21,26H,11-12H2,1H3/t16-,17-,18-,19-,20-,21-/m1/s1. The molecule has 2 aliphatic rings. The lowest BCUT2D eigenvalue weighted by Crippen LogP contribution is -2.64. The highest BCUT2D eigenvalue weighted by Gasteiger charge is 2.53. The molecule has 2 saturated heterocycles. The highest BCUT2D eigenvalue weighted by Crippen LogP contribution is 2.37. The van der Waals surface area contributed by atoms with Crippen LogP contribution in [0, 0.1) is 0 Å². The van der Waals surface area contributed by atoms with Crippen molar-refractivity contribution in [1.29, 1.82) is 0 Å². The molecular weight excluding hydrogens is 563 g/mol. The number of hydrogen-bond acceptors (Lipinski definition) is 10. The smallest absolute Gasteiger partial charge is 0.400 e. The van der Waals surface area contributed by atoms with E-state index >= 15 is 0 Å². The van der Waals surface area contributed by atoms with E-state index in [-0.39, 0.29) is 6.61 Å². The zero-order valence-corrected chi connectivity index (χ0v) is 21.8. The number of ether oxygens (including phenoxy) is 5. The molecule has 2 fully saturated rings. The van der Waals surface area contributed by atoms with Gasteiger partial charge in [0, 0.05) is 5.56 Å². The normalized spacial score (nSPS) is 28.8. The summed E-state index contributed by atoms with van der Waals surface area (Å²) in [6, 6.07) is 15.4. The lowest BCUT2D eigenvalue weighted by molar-refractivity contribution is -0.346. The highest BCUT2D eigenvalue weighted by atomic mass is 35.6. The molecule has 0 spiro atoms. The number of methoxy groups -OCH3 is 1. The molecule has 0 amide bonds. The van der Waals surface area contributed by atoms with Crippen LogP contribution in [0.25, 0.3) is 0 Å². The molecule has 0 saturated carbocycles. The Bertz CT molecular complexity index is 1100. The molecule has 2 aromatic carbocycles. The molecule has 36 heavy (non-hydrogen) atoms. The van der Waals surface area contributed by atoms with Crippen LogP contribution in [0.4, 0.5) is 0 Å². The summed E-state index contributed by atoms with van der Waals surface area (Å²) in [5, 5.41) is 11.1. The fourth-order valence-corrected chi connectivity index (χ4v) is 4.87. The molecule has 4 rings (SSSR count).